The molecule has 158 valence electrons. The van der Waals surface area contributed by atoms with Gasteiger partial charge in [-0.1, -0.05) is 72.8 Å². The summed E-state index contributed by atoms with van der Waals surface area (Å²) in [4.78, 5) is 20.7. The lowest BCUT2D eigenvalue weighted by atomic mass is 9.87. The fourth-order valence-electron chi connectivity index (χ4n) is 5.26. The van der Waals surface area contributed by atoms with Crippen LogP contribution < -0.4 is 4.90 Å². The van der Waals surface area contributed by atoms with E-state index in [1.807, 2.05) is 72.8 Å². The third-order valence-electron chi connectivity index (χ3n) is 6.76. The SMILES string of the molecule is N#CC1CC(C(=O)c2ccccc2)N2c3ccccc3C=C(c3ccc4ccccc4n3)C12. The van der Waals surface area contributed by atoms with Crippen molar-refractivity contribution in [2.75, 3.05) is 4.90 Å². The predicted octanol–water partition coefficient (Wildman–Crippen LogP) is 5.76. The molecular weight excluding hydrogens is 406 g/mol. The van der Waals surface area contributed by atoms with Crippen LogP contribution in [0.5, 0.6) is 0 Å². The van der Waals surface area contributed by atoms with Gasteiger partial charge in [0.15, 0.2) is 5.78 Å². The number of hydrogen-bond donors (Lipinski definition) is 0. The van der Waals surface area contributed by atoms with Crippen molar-refractivity contribution in [3.8, 4) is 6.07 Å². The van der Waals surface area contributed by atoms with Crippen molar-refractivity contribution in [1.82, 2.24) is 4.98 Å². The highest BCUT2D eigenvalue weighted by Crippen LogP contribution is 2.47. The second-order valence-corrected chi connectivity index (χ2v) is 8.62. The van der Waals surface area contributed by atoms with Crippen LogP contribution in [0.2, 0.25) is 0 Å². The van der Waals surface area contributed by atoms with Crippen molar-refractivity contribution < 1.29 is 4.79 Å². The summed E-state index contributed by atoms with van der Waals surface area (Å²) in [6.07, 6.45) is 2.64. The van der Waals surface area contributed by atoms with E-state index in [0.29, 0.717) is 12.0 Å². The van der Waals surface area contributed by atoms with Gasteiger partial charge in [-0.3, -0.25) is 4.79 Å². The molecule has 4 heteroatoms. The van der Waals surface area contributed by atoms with Crippen LogP contribution in [0, 0.1) is 17.2 Å². The first kappa shape index (κ1) is 19.5. The molecular formula is C29H21N3O. The molecule has 0 saturated carbocycles. The summed E-state index contributed by atoms with van der Waals surface area (Å²) in [7, 11) is 0. The zero-order valence-electron chi connectivity index (χ0n) is 17.9. The third kappa shape index (κ3) is 3.13. The Balaban J connectivity index is 1.52. The van der Waals surface area contributed by atoms with Crippen LogP contribution in [0.15, 0.2) is 91.0 Å². The number of rotatable bonds is 3. The van der Waals surface area contributed by atoms with Gasteiger partial charge in [0, 0.05) is 22.2 Å². The van der Waals surface area contributed by atoms with Crippen LogP contribution in [0.1, 0.15) is 28.0 Å². The van der Waals surface area contributed by atoms with Crippen molar-refractivity contribution in [2.24, 2.45) is 5.92 Å². The number of carbonyl (C=O) groups is 1. The average molecular weight is 428 g/mol. The molecule has 3 unspecified atom stereocenters. The first-order chi connectivity index (χ1) is 16.2. The quantitative estimate of drug-likeness (QED) is 0.390. The van der Waals surface area contributed by atoms with E-state index in [0.717, 1.165) is 33.4 Å². The number of pyridine rings is 1. The lowest BCUT2D eigenvalue weighted by molar-refractivity contribution is 0.0961. The molecule has 2 aliphatic heterocycles. The molecule has 1 fully saturated rings. The molecule has 3 atom stereocenters. The summed E-state index contributed by atoms with van der Waals surface area (Å²) in [6, 6.07) is 31.5. The molecule has 33 heavy (non-hydrogen) atoms. The van der Waals surface area contributed by atoms with E-state index in [2.05, 4.69) is 35.2 Å². The lowest BCUT2D eigenvalue weighted by Gasteiger charge is -2.38. The highest BCUT2D eigenvalue weighted by molar-refractivity contribution is 6.05. The number of fused-ring (bicyclic) bond motifs is 4. The van der Waals surface area contributed by atoms with Gasteiger partial charge in [-0.15, -0.1) is 0 Å². The molecule has 0 aliphatic carbocycles. The summed E-state index contributed by atoms with van der Waals surface area (Å²) in [5, 5.41) is 11.2. The maximum absolute atomic E-state index is 13.6. The second-order valence-electron chi connectivity index (χ2n) is 8.62. The number of benzene rings is 3. The Morgan fingerprint density at radius 3 is 2.52 bits per heavy atom. The molecule has 1 saturated heterocycles. The Morgan fingerprint density at radius 1 is 0.909 bits per heavy atom. The Hall–Kier alpha value is -4.23. The third-order valence-corrected chi connectivity index (χ3v) is 6.76. The van der Waals surface area contributed by atoms with E-state index in [-0.39, 0.29) is 17.7 Å². The summed E-state index contributed by atoms with van der Waals surface area (Å²) in [6.45, 7) is 0. The maximum Gasteiger partial charge on any atom is 0.185 e. The van der Waals surface area contributed by atoms with Crippen LogP contribution >= 0.6 is 0 Å². The van der Waals surface area contributed by atoms with Crippen LogP contribution in [0.3, 0.4) is 0 Å². The van der Waals surface area contributed by atoms with Crippen molar-refractivity contribution in [3.05, 3.63) is 108 Å². The second kappa shape index (κ2) is 7.72. The van der Waals surface area contributed by atoms with Crippen molar-refractivity contribution in [3.63, 3.8) is 0 Å². The molecule has 2 aliphatic rings. The zero-order chi connectivity index (χ0) is 22.4. The standard InChI is InChI=1S/C29H21N3O/c30-18-22-17-27(29(33)20-9-2-1-3-10-20)32-26-13-7-5-11-21(26)16-23(28(22)32)25-15-14-19-8-4-6-12-24(19)31-25/h1-16,22,27-28H,17H2. The van der Waals surface area contributed by atoms with Crippen LogP contribution in [-0.2, 0) is 0 Å². The van der Waals surface area contributed by atoms with E-state index in [1.165, 1.54) is 0 Å². The molecule has 4 aromatic rings. The number of nitriles is 1. The molecule has 6 rings (SSSR count). The molecule has 3 aromatic carbocycles. The molecule has 1 aromatic heterocycles. The number of anilines is 1. The number of Topliss-reactive ketones (excluding diaryl/α,β-unsaturated/α-hetero) is 1. The maximum atomic E-state index is 13.6. The number of para-hydroxylation sites is 2. The van der Waals surface area contributed by atoms with Gasteiger partial charge < -0.3 is 4.90 Å². The van der Waals surface area contributed by atoms with Gasteiger partial charge in [-0.25, -0.2) is 4.98 Å². The first-order valence-electron chi connectivity index (χ1n) is 11.2. The Labute approximate surface area is 192 Å². The average Bonchev–Trinajstić information content (AvgIpc) is 3.28. The van der Waals surface area contributed by atoms with E-state index in [9.17, 15) is 10.1 Å². The molecule has 3 heterocycles. The number of hydrogen-bond acceptors (Lipinski definition) is 4. The fraction of sp³-hybridized carbons (Fsp3) is 0.138. The highest BCUT2D eigenvalue weighted by Gasteiger charge is 2.48. The van der Waals surface area contributed by atoms with E-state index >= 15 is 0 Å². The van der Waals surface area contributed by atoms with Crippen LogP contribution in [0.4, 0.5) is 5.69 Å². The molecule has 0 bridgehead atoms. The summed E-state index contributed by atoms with van der Waals surface area (Å²) in [5.41, 5.74) is 5.49. The van der Waals surface area contributed by atoms with Crippen molar-refractivity contribution >= 4 is 34.0 Å². The first-order valence-corrected chi connectivity index (χ1v) is 11.2. The van der Waals surface area contributed by atoms with Gasteiger partial charge in [0.2, 0.25) is 0 Å². The van der Waals surface area contributed by atoms with E-state index in [4.69, 9.17) is 4.98 Å². The minimum atomic E-state index is -0.396. The van der Waals surface area contributed by atoms with Gasteiger partial charge in [0.05, 0.1) is 35.3 Å². The highest BCUT2D eigenvalue weighted by atomic mass is 16.1. The molecule has 0 spiro atoms. The zero-order valence-corrected chi connectivity index (χ0v) is 17.9. The monoisotopic (exact) mass is 427 g/mol. The van der Waals surface area contributed by atoms with Crippen molar-refractivity contribution in [2.45, 2.75) is 18.5 Å². The Morgan fingerprint density at radius 2 is 1.67 bits per heavy atom. The Bertz CT molecular complexity index is 1450. The largest absolute Gasteiger partial charge is 0.352 e. The molecule has 0 radical (unpaired) electrons. The Kier molecular flexibility index (Phi) is 4.55. The minimum absolute atomic E-state index is 0.0564. The topological polar surface area (TPSA) is 57.0 Å². The normalized spacial score (nSPS) is 21.1. The molecule has 0 amide bonds. The summed E-state index contributed by atoms with van der Waals surface area (Å²) in [5.74, 6) is -0.253. The lowest BCUT2D eigenvalue weighted by Crippen LogP contribution is -2.44. The summed E-state index contributed by atoms with van der Waals surface area (Å²) >= 11 is 0. The van der Waals surface area contributed by atoms with Gasteiger partial charge in [0.1, 0.15) is 0 Å². The number of nitrogens with zero attached hydrogens (tertiary/aromatic N) is 3. The van der Waals surface area contributed by atoms with E-state index in [1.54, 1.807) is 0 Å². The predicted molar refractivity (Wildman–Crippen MR) is 131 cm³/mol. The van der Waals surface area contributed by atoms with Gasteiger partial charge in [-0.2, -0.15) is 5.26 Å². The number of carbonyl (C=O) groups excluding carboxylic acids is 1. The fourth-order valence-corrected chi connectivity index (χ4v) is 5.26. The van der Waals surface area contributed by atoms with Crippen molar-refractivity contribution in [1.29, 1.82) is 5.26 Å². The van der Waals surface area contributed by atoms with Crippen LogP contribution in [-0.4, -0.2) is 22.9 Å². The molecule has 0 N–H and O–H groups in total. The van der Waals surface area contributed by atoms with Gasteiger partial charge in [0.25, 0.3) is 0 Å². The van der Waals surface area contributed by atoms with Gasteiger partial charge >= 0.3 is 0 Å². The summed E-state index contributed by atoms with van der Waals surface area (Å²) < 4.78 is 0. The minimum Gasteiger partial charge on any atom is -0.352 e. The number of aromatic nitrogens is 1. The number of ketones is 1. The molecule has 4 nitrogen and oxygen atoms in total. The van der Waals surface area contributed by atoms with E-state index < -0.39 is 6.04 Å². The smallest absolute Gasteiger partial charge is 0.185 e. The van der Waals surface area contributed by atoms with Crippen LogP contribution in [0.25, 0.3) is 22.6 Å². The van der Waals surface area contributed by atoms with Gasteiger partial charge in [-0.05, 0) is 36.3 Å².